The van der Waals surface area contributed by atoms with Gasteiger partial charge in [0.2, 0.25) is 0 Å². The van der Waals surface area contributed by atoms with Gasteiger partial charge in [0.05, 0.1) is 5.69 Å². The Labute approximate surface area is 150 Å². The number of aryl methyl sites for hydroxylation is 1. The van der Waals surface area contributed by atoms with Gasteiger partial charge < -0.3 is 9.73 Å². The van der Waals surface area contributed by atoms with E-state index >= 15 is 0 Å². The first-order chi connectivity index (χ1) is 12.2. The Morgan fingerprint density at radius 3 is 2.92 bits per heavy atom. The van der Waals surface area contributed by atoms with Crippen molar-refractivity contribution in [3.63, 3.8) is 0 Å². The third-order valence-electron chi connectivity index (χ3n) is 4.71. The van der Waals surface area contributed by atoms with Gasteiger partial charge in [0, 0.05) is 22.5 Å². The Balaban J connectivity index is 1.73. The number of hydrogen-bond donors (Lipinski definition) is 1. The fourth-order valence-electron chi connectivity index (χ4n) is 3.46. The number of aromatic nitrogens is 2. The summed E-state index contributed by atoms with van der Waals surface area (Å²) in [6.45, 7) is 2.97. The van der Waals surface area contributed by atoms with Crippen LogP contribution in [0.2, 0.25) is 5.02 Å². The van der Waals surface area contributed by atoms with Crippen LogP contribution in [-0.2, 0) is 6.42 Å². The van der Waals surface area contributed by atoms with E-state index in [4.69, 9.17) is 21.1 Å². The maximum Gasteiger partial charge on any atom is 0.156 e. The second-order valence-electron chi connectivity index (χ2n) is 6.34. The molecule has 0 saturated heterocycles. The maximum atomic E-state index is 6.21. The first-order valence-corrected chi connectivity index (χ1v) is 8.70. The van der Waals surface area contributed by atoms with Crippen molar-refractivity contribution in [2.75, 3.05) is 11.9 Å². The summed E-state index contributed by atoms with van der Waals surface area (Å²) in [4.78, 5) is 0. The van der Waals surface area contributed by atoms with E-state index in [0.29, 0.717) is 5.02 Å². The molecule has 0 bridgehead atoms. The molecule has 3 heterocycles. The zero-order chi connectivity index (χ0) is 17.0. The van der Waals surface area contributed by atoms with Crippen LogP contribution in [0.1, 0.15) is 11.1 Å². The zero-order valence-electron chi connectivity index (χ0n) is 13.7. The van der Waals surface area contributed by atoms with Crippen molar-refractivity contribution in [3.8, 4) is 17.1 Å². The molecule has 0 spiro atoms. The van der Waals surface area contributed by atoms with Crippen LogP contribution in [0.5, 0.6) is 0 Å². The summed E-state index contributed by atoms with van der Waals surface area (Å²) in [7, 11) is 0. The number of hydrogen-bond acceptors (Lipinski definition) is 3. The number of furan rings is 1. The lowest BCUT2D eigenvalue weighted by atomic mass is 10.1. The summed E-state index contributed by atoms with van der Waals surface area (Å²) in [5.41, 5.74) is 5.08. The first-order valence-electron chi connectivity index (χ1n) is 8.32. The van der Waals surface area contributed by atoms with Crippen LogP contribution in [-0.4, -0.2) is 16.3 Å². The van der Waals surface area contributed by atoms with Crippen LogP contribution in [0.25, 0.3) is 28.1 Å². The summed E-state index contributed by atoms with van der Waals surface area (Å²) in [5, 5.41) is 10.1. The van der Waals surface area contributed by atoms with E-state index in [0.717, 1.165) is 52.5 Å². The second kappa shape index (κ2) is 5.39. The molecule has 124 valence electrons. The van der Waals surface area contributed by atoms with E-state index < -0.39 is 0 Å². The van der Waals surface area contributed by atoms with Crippen molar-refractivity contribution in [2.45, 2.75) is 13.3 Å². The molecule has 2 aromatic heterocycles. The molecule has 4 nitrogen and oxygen atoms in total. The number of para-hydroxylation sites is 1. The summed E-state index contributed by atoms with van der Waals surface area (Å²) in [6, 6.07) is 16.0. The van der Waals surface area contributed by atoms with Crippen LogP contribution >= 0.6 is 11.6 Å². The van der Waals surface area contributed by atoms with Crippen LogP contribution in [0, 0.1) is 6.92 Å². The van der Waals surface area contributed by atoms with Crippen LogP contribution in [0.4, 0.5) is 5.82 Å². The van der Waals surface area contributed by atoms with Crippen molar-refractivity contribution in [2.24, 2.45) is 0 Å². The predicted molar refractivity (Wildman–Crippen MR) is 101 cm³/mol. The molecule has 0 radical (unpaired) electrons. The number of benzene rings is 2. The molecule has 1 aliphatic heterocycles. The van der Waals surface area contributed by atoms with Crippen molar-refractivity contribution in [1.82, 2.24) is 9.78 Å². The average molecular weight is 350 g/mol. The van der Waals surface area contributed by atoms with Gasteiger partial charge in [0.1, 0.15) is 17.1 Å². The largest absolute Gasteiger partial charge is 0.454 e. The highest BCUT2D eigenvalue weighted by molar-refractivity contribution is 6.30. The number of anilines is 1. The molecule has 5 rings (SSSR count). The Morgan fingerprint density at radius 2 is 2.04 bits per heavy atom. The zero-order valence-corrected chi connectivity index (χ0v) is 14.5. The van der Waals surface area contributed by atoms with E-state index in [-0.39, 0.29) is 0 Å². The predicted octanol–water partition coefficient (Wildman–Crippen LogP) is 5.22. The van der Waals surface area contributed by atoms with Gasteiger partial charge in [-0.15, -0.1) is 0 Å². The van der Waals surface area contributed by atoms with Gasteiger partial charge in [-0.1, -0.05) is 35.9 Å². The Kier molecular flexibility index (Phi) is 3.15. The van der Waals surface area contributed by atoms with Crippen LogP contribution < -0.4 is 5.32 Å². The van der Waals surface area contributed by atoms with E-state index in [2.05, 4.69) is 24.4 Å². The monoisotopic (exact) mass is 349 g/mol. The van der Waals surface area contributed by atoms with Gasteiger partial charge in [-0.05, 0) is 43.2 Å². The van der Waals surface area contributed by atoms with E-state index in [1.54, 1.807) is 0 Å². The van der Waals surface area contributed by atoms with Crippen LogP contribution in [0.15, 0.2) is 52.9 Å². The number of rotatable bonds is 2. The molecule has 0 unspecified atom stereocenters. The van der Waals surface area contributed by atoms with E-state index in [1.807, 2.05) is 41.1 Å². The molecule has 25 heavy (non-hydrogen) atoms. The minimum atomic E-state index is 0.702. The number of nitrogens with one attached hydrogen (secondary N) is 1. The maximum absolute atomic E-state index is 6.21. The fraction of sp³-hybridized carbons (Fsp3) is 0.150. The fourth-order valence-corrected chi connectivity index (χ4v) is 3.62. The third-order valence-corrected chi connectivity index (χ3v) is 4.94. The molecule has 5 heteroatoms. The van der Waals surface area contributed by atoms with Gasteiger partial charge in [-0.2, -0.15) is 5.10 Å². The third kappa shape index (κ3) is 2.25. The Bertz CT molecular complexity index is 1080. The molecule has 0 saturated carbocycles. The molecule has 1 N–H and O–H groups in total. The summed E-state index contributed by atoms with van der Waals surface area (Å²) in [6.07, 6.45) is 0.932. The highest BCUT2D eigenvalue weighted by atomic mass is 35.5. The Hall–Kier alpha value is -2.72. The standard InChI is InChI=1S/C20H16ClN3O/c1-12-6-7-14(21)11-16(12)24-20-15(8-9-22-20)19(23-24)18-10-13-4-2-3-5-17(13)25-18/h2-7,10-11,22H,8-9H2,1H3. The normalized spacial score (nSPS) is 13.2. The molecular weight excluding hydrogens is 334 g/mol. The molecular formula is C20H16ClN3O. The smallest absolute Gasteiger partial charge is 0.156 e. The molecule has 0 fully saturated rings. The van der Waals surface area contributed by atoms with Crippen LogP contribution in [0.3, 0.4) is 0 Å². The van der Waals surface area contributed by atoms with Crippen molar-refractivity contribution in [1.29, 1.82) is 0 Å². The van der Waals surface area contributed by atoms with Crippen molar-refractivity contribution in [3.05, 3.63) is 64.7 Å². The number of fused-ring (bicyclic) bond motifs is 2. The lowest BCUT2D eigenvalue weighted by molar-refractivity contribution is 0.626. The number of nitrogens with zero attached hydrogens (tertiary/aromatic N) is 2. The minimum Gasteiger partial charge on any atom is -0.454 e. The summed E-state index contributed by atoms with van der Waals surface area (Å²) in [5.74, 6) is 1.83. The quantitative estimate of drug-likeness (QED) is 0.540. The highest BCUT2D eigenvalue weighted by Gasteiger charge is 2.26. The van der Waals surface area contributed by atoms with Gasteiger partial charge >= 0.3 is 0 Å². The molecule has 0 atom stereocenters. The Morgan fingerprint density at radius 1 is 1.16 bits per heavy atom. The van der Waals surface area contributed by atoms with Gasteiger partial charge in [0.25, 0.3) is 0 Å². The molecule has 0 aliphatic carbocycles. The summed E-state index contributed by atoms with van der Waals surface area (Å²) >= 11 is 6.21. The first kappa shape index (κ1) is 14.6. The van der Waals surface area contributed by atoms with Gasteiger partial charge in [0.15, 0.2) is 5.76 Å². The molecule has 1 aliphatic rings. The van der Waals surface area contributed by atoms with Gasteiger partial charge in [-0.25, -0.2) is 4.68 Å². The van der Waals surface area contributed by atoms with Gasteiger partial charge in [-0.3, -0.25) is 0 Å². The molecule has 4 aromatic rings. The second-order valence-corrected chi connectivity index (χ2v) is 6.78. The topological polar surface area (TPSA) is 43.0 Å². The molecule has 0 amide bonds. The summed E-state index contributed by atoms with van der Waals surface area (Å²) < 4.78 is 8.00. The highest BCUT2D eigenvalue weighted by Crippen LogP contribution is 2.37. The molecule has 2 aromatic carbocycles. The lowest BCUT2D eigenvalue weighted by Crippen LogP contribution is -2.05. The lowest BCUT2D eigenvalue weighted by Gasteiger charge is -2.09. The van der Waals surface area contributed by atoms with Crippen molar-refractivity contribution >= 4 is 28.4 Å². The number of halogens is 1. The minimum absolute atomic E-state index is 0.702. The SMILES string of the molecule is Cc1ccc(Cl)cc1-n1nc(-c2cc3ccccc3o2)c2c1NCC2. The van der Waals surface area contributed by atoms with Crippen molar-refractivity contribution < 1.29 is 4.42 Å². The van der Waals surface area contributed by atoms with E-state index in [9.17, 15) is 0 Å². The van der Waals surface area contributed by atoms with E-state index in [1.165, 1.54) is 5.56 Å². The average Bonchev–Trinajstić information content (AvgIpc) is 3.30.